The number of aromatic nitrogens is 2. The van der Waals surface area contributed by atoms with Crippen LogP contribution in [0.5, 0.6) is 5.75 Å². The SMILES string of the molecule is Cc1sc2nc(-c3ccc(OCc4ccccc4)cc3)[nH]c(=O)c2c1C. The van der Waals surface area contributed by atoms with Gasteiger partial charge in [0.25, 0.3) is 5.56 Å². The number of ether oxygens (including phenoxy) is 1. The van der Waals surface area contributed by atoms with Crippen LogP contribution in [0.25, 0.3) is 21.6 Å². The normalized spacial score (nSPS) is 11.0. The number of hydrogen-bond donors (Lipinski definition) is 1. The number of H-pyrrole nitrogens is 1. The highest BCUT2D eigenvalue weighted by Crippen LogP contribution is 2.28. The minimum Gasteiger partial charge on any atom is -0.489 e. The number of aromatic amines is 1. The molecule has 5 heteroatoms. The zero-order valence-electron chi connectivity index (χ0n) is 14.6. The molecule has 0 unspecified atom stereocenters. The monoisotopic (exact) mass is 362 g/mol. The van der Waals surface area contributed by atoms with Crippen molar-refractivity contribution in [1.82, 2.24) is 9.97 Å². The molecule has 0 amide bonds. The van der Waals surface area contributed by atoms with Gasteiger partial charge in [-0.25, -0.2) is 4.98 Å². The van der Waals surface area contributed by atoms with Crippen molar-refractivity contribution in [3.63, 3.8) is 0 Å². The van der Waals surface area contributed by atoms with Gasteiger partial charge in [-0.2, -0.15) is 0 Å². The summed E-state index contributed by atoms with van der Waals surface area (Å²) in [7, 11) is 0. The number of benzene rings is 2. The van der Waals surface area contributed by atoms with Gasteiger partial charge in [0, 0.05) is 10.4 Å². The Kier molecular flexibility index (Phi) is 4.31. The fourth-order valence-electron chi connectivity index (χ4n) is 2.84. The predicted molar refractivity (Wildman–Crippen MR) is 106 cm³/mol. The van der Waals surface area contributed by atoms with Gasteiger partial charge >= 0.3 is 0 Å². The third-order valence-electron chi connectivity index (χ3n) is 4.42. The maximum absolute atomic E-state index is 12.4. The molecular formula is C21H18N2O2S. The molecule has 0 saturated carbocycles. The Morgan fingerprint density at radius 1 is 1.04 bits per heavy atom. The van der Waals surface area contributed by atoms with E-state index in [1.54, 1.807) is 11.3 Å². The van der Waals surface area contributed by atoms with Crippen LogP contribution in [-0.4, -0.2) is 9.97 Å². The Morgan fingerprint density at radius 2 is 1.77 bits per heavy atom. The van der Waals surface area contributed by atoms with Crippen molar-refractivity contribution in [2.45, 2.75) is 20.5 Å². The molecule has 2 heterocycles. The van der Waals surface area contributed by atoms with Gasteiger partial charge in [-0.1, -0.05) is 30.3 Å². The first kappa shape index (κ1) is 16.5. The molecule has 2 aromatic heterocycles. The van der Waals surface area contributed by atoms with E-state index in [0.29, 0.717) is 17.8 Å². The van der Waals surface area contributed by atoms with Crippen LogP contribution in [0.4, 0.5) is 0 Å². The topological polar surface area (TPSA) is 55.0 Å². The average molecular weight is 362 g/mol. The van der Waals surface area contributed by atoms with Crippen LogP contribution < -0.4 is 10.3 Å². The quantitative estimate of drug-likeness (QED) is 0.565. The van der Waals surface area contributed by atoms with Crippen molar-refractivity contribution in [2.75, 3.05) is 0 Å². The molecule has 0 radical (unpaired) electrons. The molecule has 0 spiro atoms. The summed E-state index contributed by atoms with van der Waals surface area (Å²) >= 11 is 1.55. The van der Waals surface area contributed by atoms with Crippen molar-refractivity contribution < 1.29 is 4.74 Å². The Labute approximate surface area is 155 Å². The van der Waals surface area contributed by atoms with Crippen LogP contribution in [0.1, 0.15) is 16.0 Å². The maximum atomic E-state index is 12.4. The summed E-state index contributed by atoms with van der Waals surface area (Å²) in [5.41, 5.74) is 2.91. The number of rotatable bonds is 4. The van der Waals surface area contributed by atoms with Gasteiger partial charge in [-0.05, 0) is 49.2 Å². The summed E-state index contributed by atoms with van der Waals surface area (Å²) in [6, 6.07) is 17.7. The molecule has 0 aliphatic rings. The van der Waals surface area contributed by atoms with Crippen LogP contribution in [0.15, 0.2) is 59.4 Å². The minimum absolute atomic E-state index is 0.0868. The number of hydrogen-bond acceptors (Lipinski definition) is 4. The van der Waals surface area contributed by atoms with E-state index in [4.69, 9.17) is 4.74 Å². The maximum Gasteiger partial charge on any atom is 0.260 e. The van der Waals surface area contributed by atoms with Crippen LogP contribution in [0.2, 0.25) is 0 Å². The Hall–Kier alpha value is -2.92. The van der Waals surface area contributed by atoms with Crippen molar-refractivity contribution in [2.24, 2.45) is 0 Å². The molecule has 0 fully saturated rings. The minimum atomic E-state index is -0.0868. The standard InChI is InChI=1S/C21H18N2O2S/c1-13-14(2)26-21-18(13)20(24)22-19(23-21)16-8-10-17(11-9-16)25-12-15-6-4-3-5-7-15/h3-11H,12H2,1-2H3,(H,22,23,24). The van der Waals surface area contributed by atoms with E-state index < -0.39 is 0 Å². The summed E-state index contributed by atoms with van der Waals surface area (Å²) in [6.45, 7) is 4.50. The molecule has 4 rings (SSSR count). The Bertz CT molecular complexity index is 1110. The number of aryl methyl sites for hydroxylation is 2. The molecule has 4 aromatic rings. The lowest BCUT2D eigenvalue weighted by molar-refractivity contribution is 0.306. The van der Waals surface area contributed by atoms with Crippen molar-refractivity contribution in [1.29, 1.82) is 0 Å². The lowest BCUT2D eigenvalue weighted by Crippen LogP contribution is -2.09. The first-order valence-electron chi connectivity index (χ1n) is 8.39. The molecule has 26 heavy (non-hydrogen) atoms. The molecule has 1 N–H and O–H groups in total. The van der Waals surface area contributed by atoms with Crippen molar-refractivity contribution >= 4 is 21.6 Å². The van der Waals surface area contributed by atoms with Crippen LogP contribution >= 0.6 is 11.3 Å². The van der Waals surface area contributed by atoms with Gasteiger partial charge in [0.1, 0.15) is 23.0 Å². The lowest BCUT2D eigenvalue weighted by Gasteiger charge is -2.07. The van der Waals surface area contributed by atoms with Gasteiger partial charge in [0.15, 0.2) is 0 Å². The third-order valence-corrected chi connectivity index (χ3v) is 5.52. The molecule has 0 saturated heterocycles. The van der Waals surface area contributed by atoms with E-state index in [2.05, 4.69) is 9.97 Å². The molecule has 0 atom stereocenters. The number of thiophene rings is 1. The van der Waals surface area contributed by atoms with E-state index in [9.17, 15) is 4.79 Å². The van der Waals surface area contributed by atoms with E-state index in [0.717, 1.165) is 32.1 Å². The van der Waals surface area contributed by atoms with Crippen molar-refractivity contribution in [3.05, 3.63) is 81.0 Å². The molecular weight excluding hydrogens is 344 g/mol. The molecule has 4 nitrogen and oxygen atoms in total. The molecule has 0 bridgehead atoms. The second-order valence-electron chi connectivity index (χ2n) is 6.18. The van der Waals surface area contributed by atoms with Gasteiger partial charge in [-0.3, -0.25) is 4.79 Å². The fourth-order valence-corrected chi connectivity index (χ4v) is 3.87. The summed E-state index contributed by atoms with van der Waals surface area (Å²) < 4.78 is 5.81. The highest BCUT2D eigenvalue weighted by atomic mass is 32.1. The Morgan fingerprint density at radius 3 is 2.50 bits per heavy atom. The van der Waals surface area contributed by atoms with Gasteiger partial charge < -0.3 is 9.72 Å². The second kappa shape index (κ2) is 6.77. The van der Waals surface area contributed by atoms with Gasteiger partial charge in [-0.15, -0.1) is 11.3 Å². The predicted octanol–water partition coefficient (Wildman–Crippen LogP) is 4.85. The molecule has 2 aromatic carbocycles. The van der Waals surface area contributed by atoms with Gasteiger partial charge in [0.2, 0.25) is 0 Å². The number of nitrogens with zero attached hydrogens (tertiary/aromatic N) is 1. The van der Waals surface area contributed by atoms with Crippen LogP contribution in [-0.2, 0) is 6.61 Å². The largest absolute Gasteiger partial charge is 0.489 e. The zero-order valence-corrected chi connectivity index (χ0v) is 15.4. The third kappa shape index (κ3) is 3.13. The van der Waals surface area contributed by atoms with E-state index in [1.807, 2.05) is 68.4 Å². The summed E-state index contributed by atoms with van der Waals surface area (Å²) in [6.07, 6.45) is 0. The van der Waals surface area contributed by atoms with Crippen LogP contribution in [0.3, 0.4) is 0 Å². The second-order valence-corrected chi connectivity index (χ2v) is 7.38. The first-order chi connectivity index (χ1) is 12.6. The van der Waals surface area contributed by atoms with Crippen LogP contribution in [0, 0.1) is 13.8 Å². The smallest absolute Gasteiger partial charge is 0.260 e. The fraction of sp³-hybridized carbons (Fsp3) is 0.143. The van der Waals surface area contributed by atoms with E-state index in [1.165, 1.54) is 0 Å². The molecule has 0 aliphatic heterocycles. The summed E-state index contributed by atoms with van der Waals surface area (Å²) in [4.78, 5) is 21.9. The molecule has 0 aliphatic carbocycles. The van der Waals surface area contributed by atoms with Crippen molar-refractivity contribution in [3.8, 4) is 17.1 Å². The highest BCUT2D eigenvalue weighted by Gasteiger charge is 2.12. The Balaban J connectivity index is 1.59. The zero-order chi connectivity index (χ0) is 18.1. The summed E-state index contributed by atoms with van der Waals surface area (Å²) in [5.74, 6) is 1.36. The number of nitrogens with one attached hydrogen (secondary N) is 1. The highest BCUT2D eigenvalue weighted by molar-refractivity contribution is 7.18. The summed E-state index contributed by atoms with van der Waals surface area (Å²) in [5, 5.41) is 0.694. The van der Waals surface area contributed by atoms with Gasteiger partial charge in [0.05, 0.1) is 5.39 Å². The number of fused-ring (bicyclic) bond motifs is 1. The average Bonchev–Trinajstić information content (AvgIpc) is 2.95. The van der Waals surface area contributed by atoms with E-state index in [-0.39, 0.29) is 5.56 Å². The molecule has 130 valence electrons. The first-order valence-corrected chi connectivity index (χ1v) is 9.20. The van der Waals surface area contributed by atoms with E-state index >= 15 is 0 Å². The lowest BCUT2D eigenvalue weighted by atomic mass is 10.2.